The molecule has 4 N–H and O–H groups in total. The Labute approximate surface area is 111 Å². The highest BCUT2D eigenvalue weighted by atomic mass is 16.5. The fourth-order valence-electron chi connectivity index (χ4n) is 2.26. The second-order valence-corrected chi connectivity index (χ2v) is 5.13. The van der Waals surface area contributed by atoms with Gasteiger partial charge in [-0.1, -0.05) is 0 Å². The van der Waals surface area contributed by atoms with Gasteiger partial charge in [0.2, 0.25) is 5.95 Å². The van der Waals surface area contributed by atoms with Gasteiger partial charge in [-0.25, -0.2) is 4.98 Å². The van der Waals surface area contributed by atoms with Crippen LogP contribution in [0.3, 0.4) is 0 Å². The van der Waals surface area contributed by atoms with E-state index in [2.05, 4.69) is 25.3 Å². The third kappa shape index (κ3) is 2.46. The maximum absolute atomic E-state index is 5.68. The molecule has 3 rings (SSSR count). The van der Waals surface area contributed by atoms with Gasteiger partial charge in [-0.05, 0) is 24.7 Å². The summed E-state index contributed by atoms with van der Waals surface area (Å²) in [4.78, 5) is 15.4. The number of hydrogen-bond donors (Lipinski definition) is 3. The standard InChI is InChI=1S/C12H18N6O/c1-19-5-4-12(2-3-12)6-14-9-8-10(16-7-15-8)18-11(13)17-9/h7H,2-6H2,1H3,(H4,13,14,15,16,17,18). The van der Waals surface area contributed by atoms with Crippen LogP contribution in [-0.2, 0) is 4.74 Å². The summed E-state index contributed by atoms with van der Waals surface area (Å²) in [7, 11) is 1.74. The van der Waals surface area contributed by atoms with Crippen LogP contribution in [0.4, 0.5) is 11.8 Å². The molecule has 0 atom stereocenters. The van der Waals surface area contributed by atoms with Crippen LogP contribution in [0.5, 0.6) is 0 Å². The third-order valence-corrected chi connectivity index (χ3v) is 3.73. The van der Waals surface area contributed by atoms with E-state index in [4.69, 9.17) is 10.5 Å². The average molecular weight is 262 g/mol. The molecule has 2 aromatic rings. The SMILES string of the molecule is COCCC1(CNc2nc(N)nc3nc[nH]c23)CC1. The molecule has 0 unspecified atom stereocenters. The number of aromatic amines is 1. The molecule has 2 aromatic heterocycles. The van der Waals surface area contributed by atoms with Gasteiger partial charge in [-0.3, -0.25) is 0 Å². The zero-order valence-corrected chi connectivity index (χ0v) is 10.9. The highest BCUT2D eigenvalue weighted by molar-refractivity contribution is 5.83. The second kappa shape index (κ2) is 4.65. The fraction of sp³-hybridized carbons (Fsp3) is 0.583. The highest BCUT2D eigenvalue weighted by Crippen LogP contribution is 2.48. The zero-order chi connectivity index (χ0) is 13.3. The number of nitrogens with two attached hydrogens (primary N) is 1. The van der Waals surface area contributed by atoms with Gasteiger partial charge in [0.05, 0.1) is 6.33 Å². The minimum Gasteiger partial charge on any atom is -0.385 e. The summed E-state index contributed by atoms with van der Waals surface area (Å²) in [6, 6.07) is 0. The lowest BCUT2D eigenvalue weighted by atomic mass is 10.0. The molecular formula is C12H18N6O. The van der Waals surface area contributed by atoms with Gasteiger partial charge in [0.15, 0.2) is 11.5 Å². The first-order valence-corrected chi connectivity index (χ1v) is 6.42. The van der Waals surface area contributed by atoms with Crippen LogP contribution in [0.25, 0.3) is 11.2 Å². The smallest absolute Gasteiger partial charge is 0.224 e. The lowest BCUT2D eigenvalue weighted by molar-refractivity contribution is 0.175. The Morgan fingerprint density at radius 3 is 3.05 bits per heavy atom. The van der Waals surface area contributed by atoms with E-state index in [0.717, 1.165) is 30.9 Å². The summed E-state index contributed by atoms with van der Waals surface area (Å²) >= 11 is 0. The molecule has 1 aliphatic rings. The lowest BCUT2D eigenvalue weighted by Gasteiger charge is -2.16. The number of ether oxygens (including phenoxy) is 1. The molecule has 7 heteroatoms. The minimum atomic E-state index is 0.240. The predicted molar refractivity (Wildman–Crippen MR) is 72.7 cm³/mol. The molecule has 0 amide bonds. The molecule has 0 aromatic carbocycles. The number of hydrogen-bond acceptors (Lipinski definition) is 6. The Morgan fingerprint density at radius 1 is 1.47 bits per heavy atom. The number of rotatable bonds is 6. The summed E-state index contributed by atoms with van der Waals surface area (Å²) in [6.07, 6.45) is 5.14. The third-order valence-electron chi connectivity index (χ3n) is 3.73. The number of nitrogen functional groups attached to an aromatic ring is 1. The van der Waals surface area contributed by atoms with Crippen LogP contribution in [0, 0.1) is 5.41 Å². The van der Waals surface area contributed by atoms with Crippen LogP contribution < -0.4 is 11.1 Å². The van der Waals surface area contributed by atoms with Crippen molar-refractivity contribution in [2.75, 3.05) is 31.3 Å². The molecule has 0 saturated heterocycles. The second-order valence-electron chi connectivity index (χ2n) is 5.13. The predicted octanol–water partition coefficient (Wildman–Crippen LogP) is 1.16. The molecule has 1 aliphatic carbocycles. The first kappa shape index (κ1) is 12.2. The Balaban J connectivity index is 1.73. The molecule has 1 saturated carbocycles. The molecule has 0 bridgehead atoms. The van der Waals surface area contributed by atoms with E-state index in [9.17, 15) is 0 Å². The van der Waals surface area contributed by atoms with Crippen molar-refractivity contribution in [1.29, 1.82) is 0 Å². The molecule has 0 spiro atoms. The molecule has 1 fully saturated rings. The topological polar surface area (TPSA) is 102 Å². The van der Waals surface area contributed by atoms with Crippen molar-refractivity contribution in [3.05, 3.63) is 6.33 Å². The summed E-state index contributed by atoms with van der Waals surface area (Å²) in [5.74, 6) is 0.965. The molecule has 0 aliphatic heterocycles. The van der Waals surface area contributed by atoms with Crippen molar-refractivity contribution in [2.45, 2.75) is 19.3 Å². The fourth-order valence-corrected chi connectivity index (χ4v) is 2.26. The van der Waals surface area contributed by atoms with Gasteiger partial charge in [-0.15, -0.1) is 0 Å². The number of anilines is 2. The summed E-state index contributed by atoms with van der Waals surface area (Å²) in [5.41, 5.74) is 7.43. The van der Waals surface area contributed by atoms with Gasteiger partial charge in [0, 0.05) is 20.3 Å². The van der Waals surface area contributed by atoms with E-state index in [1.165, 1.54) is 12.8 Å². The number of methoxy groups -OCH3 is 1. The van der Waals surface area contributed by atoms with Crippen molar-refractivity contribution in [1.82, 2.24) is 19.9 Å². The largest absolute Gasteiger partial charge is 0.385 e. The van der Waals surface area contributed by atoms with E-state index in [1.807, 2.05) is 0 Å². The molecule has 2 heterocycles. The summed E-state index contributed by atoms with van der Waals surface area (Å²) in [6.45, 7) is 1.67. The molecule has 7 nitrogen and oxygen atoms in total. The number of nitrogens with zero attached hydrogens (tertiary/aromatic N) is 3. The van der Waals surface area contributed by atoms with Crippen molar-refractivity contribution in [3.63, 3.8) is 0 Å². The highest BCUT2D eigenvalue weighted by Gasteiger charge is 2.41. The first-order valence-electron chi connectivity index (χ1n) is 6.42. The van der Waals surface area contributed by atoms with Crippen molar-refractivity contribution >= 4 is 22.9 Å². The Morgan fingerprint density at radius 2 is 2.32 bits per heavy atom. The van der Waals surface area contributed by atoms with Crippen LogP contribution in [0.2, 0.25) is 0 Å². The first-order chi connectivity index (χ1) is 9.22. The van der Waals surface area contributed by atoms with Crippen LogP contribution in [0.15, 0.2) is 6.33 Å². The maximum Gasteiger partial charge on any atom is 0.224 e. The van der Waals surface area contributed by atoms with Gasteiger partial charge < -0.3 is 20.8 Å². The number of nitrogens with one attached hydrogen (secondary N) is 2. The van der Waals surface area contributed by atoms with Crippen molar-refractivity contribution < 1.29 is 4.74 Å². The van der Waals surface area contributed by atoms with Crippen molar-refractivity contribution in [2.24, 2.45) is 5.41 Å². The number of fused-ring (bicyclic) bond motifs is 1. The van der Waals surface area contributed by atoms with Crippen LogP contribution in [-0.4, -0.2) is 40.2 Å². The maximum atomic E-state index is 5.68. The zero-order valence-electron chi connectivity index (χ0n) is 10.9. The van der Waals surface area contributed by atoms with E-state index < -0.39 is 0 Å². The van der Waals surface area contributed by atoms with Gasteiger partial charge in [-0.2, -0.15) is 9.97 Å². The Hall–Kier alpha value is -1.89. The molecule has 0 radical (unpaired) electrons. The number of H-pyrrole nitrogens is 1. The van der Waals surface area contributed by atoms with Gasteiger partial charge in [0.1, 0.15) is 5.52 Å². The molecule has 102 valence electrons. The lowest BCUT2D eigenvalue weighted by Crippen LogP contribution is -2.18. The van der Waals surface area contributed by atoms with Gasteiger partial charge >= 0.3 is 0 Å². The van der Waals surface area contributed by atoms with Crippen LogP contribution >= 0.6 is 0 Å². The molecule has 19 heavy (non-hydrogen) atoms. The van der Waals surface area contributed by atoms with E-state index in [1.54, 1.807) is 13.4 Å². The van der Waals surface area contributed by atoms with Gasteiger partial charge in [0.25, 0.3) is 0 Å². The number of imidazole rings is 1. The van der Waals surface area contributed by atoms with Crippen LogP contribution in [0.1, 0.15) is 19.3 Å². The summed E-state index contributed by atoms with van der Waals surface area (Å²) < 4.78 is 5.16. The Bertz CT molecular complexity index is 577. The molecular weight excluding hydrogens is 244 g/mol. The quantitative estimate of drug-likeness (QED) is 0.722. The minimum absolute atomic E-state index is 0.240. The Kier molecular flexibility index (Phi) is 2.98. The normalized spacial score (nSPS) is 16.7. The van der Waals surface area contributed by atoms with E-state index in [0.29, 0.717) is 11.1 Å². The summed E-state index contributed by atoms with van der Waals surface area (Å²) in [5, 5.41) is 3.37. The monoisotopic (exact) mass is 262 g/mol. The van der Waals surface area contributed by atoms with Crippen molar-refractivity contribution in [3.8, 4) is 0 Å². The number of aromatic nitrogens is 4. The van der Waals surface area contributed by atoms with E-state index in [-0.39, 0.29) is 5.95 Å². The average Bonchev–Trinajstić information content (AvgIpc) is 3.02. The van der Waals surface area contributed by atoms with E-state index >= 15 is 0 Å².